The summed E-state index contributed by atoms with van der Waals surface area (Å²) < 4.78 is 5.26. The van der Waals surface area contributed by atoms with Gasteiger partial charge in [-0.25, -0.2) is 9.97 Å². The highest BCUT2D eigenvalue weighted by molar-refractivity contribution is 5.28. The zero-order valence-electron chi connectivity index (χ0n) is 9.31. The first-order valence-electron chi connectivity index (χ1n) is 5.08. The fourth-order valence-electron chi connectivity index (χ4n) is 1.13. The van der Waals surface area contributed by atoms with E-state index >= 15 is 0 Å². The van der Waals surface area contributed by atoms with Crippen molar-refractivity contribution in [3.8, 4) is 0 Å². The molecule has 0 aromatic carbocycles. The number of aromatic nitrogens is 2. The molecule has 5 heteroatoms. The molecule has 0 amide bonds. The average molecular weight is 210 g/mol. The standard InChI is InChI=1S/C10H18N4O/c1-3-15-7-6-14(2)10-12-5-4-9(8-11)13-10/h4-5H,3,6-8,11H2,1-2H3. The minimum atomic E-state index is 0.439. The van der Waals surface area contributed by atoms with Gasteiger partial charge in [-0.2, -0.15) is 0 Å². The molecule has 2 N–H and O–H groups in total. The molecule has 15 heavy (non-hydrogen) atoms. The lowest BCUT2D eigenvalue weighted by molar-refractivity contribution is 0.154. The second kappa shape index (κ2) is 6.31. The maximum atomic E-state index is 5.51. The summed E-state index contributed by atoms with van der Waals surface area (Å²) in [6.45, 7) is 4.61. The molecule has 0 atom stereocenters. The highest BCUT2D eigenvalue weighted by atomic mass is 16.5. The summed E-state index contributed by atoms with van der Waals surface area (Å²) >= 11 is 0. The summed E-state index contributed by atoms with van der Waals surface area (Å²) in [6.07, 6.45) is 1.72. The molecule has 0 saturated heterocycles. The van der Waals surface area contributed by atoms with Crippen LogP contribution in [0, 0.1) is 0 Å². The van der Waals surface area contributed by atoms with Crippen LogP contribution in [0.2, 0.25) is 0 Å². The SMILES string of the molecule is CCOCCN(C)c1nccc(CN)n1. The molecule has 5 nitrogen and oxygen atoms in total. The fourth-order valence-corrected chi connectivity index (χ4v) is 1.13. The van der Waals surface area contributed by atoms with Gasteiger partial charge in [0.05, 0.1) is 12.3 Å². The number of nitrogens with zero attached hydrogens (tertiary/aromatic N) is 3. The van der Waals surface area contributed by atoms with Crippen LogP contribution in [0.4, 0.5) is 5.95 Å². The molecular formula is C10H18N4O. The third kappa shape index (κ3) is 3.81. The van der Waals surface area contributed by atoms with Gasteiger partial charge in [0.1, 0.15) is 0 Å². The first-order valence-corrected chi connectivity index (χ1v) is 5.08. The van der Waals surface area contributed by atoms with Crippen LogP contribution in [0.5, 0.6) is 0 Å². The molecule has 0 aliphatic carbocycles. The van der Waals surface area contributed by atoms with E-state index in [0.29, 0.717) is 19.1 Å². The number of nitrogens with two attached hydrogens (primary N) is 1. The van der Waals surface area contributed by atoms with Crippen molar-refractivity contribution in [2.24, 2.45) is 5.73 Å². The maximum Gasteiger partial charge on any atom is 0.225 e. The normalized spacial score (nSPS) is 10.3. The minimum absolute atomic E-state index is 0.439. The van der Waals surface area contributed by atoms with Gasteiger partial charge in [0.25, 0.3) is 0 Å². The van der Waals surface area contributed by atoms with Gasteiger partial charge >= 0.3 is 0 Å². The van der Waals surface area contributed by atoms with Crippen LogP contribution in [-0.4, -0.2) is 36.8 Å². The van der Waals surface area contributed by atoms with Crippen LogP contribution in [0.1, 0.15) is 12.6 Å². The summed E-state index contributed by atoms with van der Waals surface area (Å²) in [4.78, 5) is 10.4. The van der Waals surface area contributed by atoms with E-state index < -0.39 is 0 Å². The van der Waals surface area contributed by atoms with Crippen LogP contribution < -0.4 is 10.6 Å². The van der Waals surface area contributed by atoms with Gasteiger partial charge in [-0.15, -0.1) is 0 Å². The van der Waals surface area contributed by atoms with Gasteiger partial charge in [-0.3, -0.25) is 0 Å². The summed E-state index contributed by atoms with van der Waals surface area (Å²) in [5, 5.41) is 0. The molecule has 0 fully saturated rings. The lowest BCUT2D eigenvalue weighted by atomic mass is 10.4. The van der Waals surface area contributed by atoms with Crippen molar-refractivity contribution in [3.05, 3.63) is 18.0 Å². The number of ether oxygens (including phenoxy) is 1. The summed E-state index contributed by atoms with van der Waals surface area (Å²) in [5.74, 6) is 0.692. The Morgan fingerprint density at radius 3 is 3.00 bits per heavy atom. The largest absolute Gasteiger partial charge is 0.380 e. The van der Waals surface area contributed by atoms with E-state index in [-0.39, 0.29) is 0 Å². The quantitative estimate of drug-likeness (QED) is 0.689. The van der Waals surface area contributed by atoms with Crippen LogP contribution in [0.25, 0.3) is 0 Å². The van der Waals surface area contributed by atoms with Crippen molar-refractivity contribution in [2.75, 3.05) is 31.7 Å². The summed E-state index contributed by atoms with van der Waals surface area (Å²) in [7, 11) is 1.94. The Hall–Kier alpha value is -1.20. The van der Waals surface area contributed by atoms with Gasteiger partial charge in [0.15, 0.2) is 0 Å². The lowest BCUT2D eigenvalue weighted by Crippen LogP contribution is -2.25. The monoisotopic (exact) mass is 210 g/mol. The third-order valence-corrected chi connectivity index (χ3v) is 2.03. The highest BCUT2D eigenvalue weighted by Gasteiger charge is 2.03. The molecule has 0 bridgehead atoms. The fraction of sp³-hybridized carbons (Fsp3) is 0.600. The Bertz CT molecular complexity index is 293. The Morgan fingerprint density at radius 2 is 2.33 bits per heavy atom. The molecule has 0 aliphatic heterocycles. The summed E-state index contributed by atoms with van der Waals surface area (Å²) in [5.41, 5.74) is 6.36. The van der Waals surface area contributed by atoms with E-state index in [2.05, 4.69) is 9.97 Å². The van der Waals surface area contributed by atoms with Crippen molar-refractivity contribution in [1.82, 2.24) is 9.97 Å². The third-order valence-electron chi connectivity index (χ3n) is 2.03. The molecule has 1 aromatic rings. The number of hydrogen-bond donors (Lipinski definition) is 1. The second-order valence-corrected chi connectivity index (χ2v) is 3.17. The second-order valence-electron chi connectivity index (χ2n) is 3.17. The Balaban J connectivity index is 2.52. The smallest absolute Gasteiger partial charge is 0.225 e. The van der Waals surface area contributed by atoms with E-state index in [9.17, 15) is 0 Å². The van der Waals surface area contributed by atoms with Gasteiger partial charge in [0.2, 0.25) is 5.95 Å². The molecule has 1 aromatic heterocycles. The van der Waals surface area contributed by atoms with Gasteiger partial charge in [-0.05, 0) is 13.0 Å². The molecule has 0 spiro atoms. The first kappa shape index (κ1) is 11.9. The Labute approximate surface area is 90.3 Å². The average Bonchev–Trinajstić information content (AvgIpc) is 2.29. The predicted octanol–water partition coefficient (Wildman–Crippen LogP) is 0.408. The molecule has 84 valence electrons. The van der Waals surface area contributed by atoms with E-state index in [1.807, 2.05) is 24.9 Å². The van der Waals surface area contributed by atoms with Crippen LogP contribution >= 0.6 is 0 Å². The van der Waals surface area contributed by atoms with E-state index in [1.54, 1.807) is 6.20 Å². The minimum Gasteiger partial charge on any atom is -0.380 e. The molecule has 0 unspecified atom stereocenters. The van der Waals surface area contributed by atoms with Gasteiger partial charge in [-0.1, -0.05) is 0 Å². The molecule has 0 saturated carbocycles. The van der Waals surface area contributed by atoms with Crippen LogP contribution in [0.15, 0.2) is 12.3 Å². The number of anilines is 1. The number of rotatable bonds is 6. The van der Waals surface area contributed by atoms with E-state index in [1.165, 1.54) is 0 Å². The topological polar surface area (TPSA) is 64.3 Å². The van der Waals surface area contributed by atoms with E-state index in [4.69, 9.17) is 10.5 Å². The molecule has 1 rings (SSSR count). The van der Waals surface area contributed by atoms with Crippen molar-refractivity contribution >= 4 is 5.95 Å². The summed E-state index contributed by atoms with van der Waals surface area (Å²) in [6, 6.07) is 1.82. The Morgan fingerprint density at radius 1 is 1.53 bits per heavy atom. The number of likely N-dealkylation sites (N-methyl/N-ethyl adjacent to an activating group) is 1. The zero-order valence-corrected chi connectivity index (χ0v) is 9.31. The van der Waals surface area contributed by atoms with Gasteiger partial charge in [0, 0.05) is 32.9 Å². The van der Waals surface area contributed by atoms with Crippen molar-refractivity contribution in [3.63, 3.8) is 0 Å². The van der Waals surface area contributed by atoms with Gasteiger partial charge < -0.3 is 15.4 Å². The highest BCUT2D eigenvalue weighted by Crippen LogP contribution is 2.04. The molecule has 0 aliphatic rings. The van der Waals surface area contributed by atoms with E-state index in [0.717, 1.165) is 18.8 Å². The Kier molecular flexibility index (Phi) is 5.00. The lowest BCUT2D eigenvalue weighted by Gasteiger charge is -2.16. The number of hydrogen-bond acceptors (Lipinski definition) is 5. The molecule has 1 heterocycles. The van der Waals surface area contributed by atoms with Crippen LogP contribution in [0.3, 0.4) is 0 Å². The zero-order chi connectivity index (χ0) is 11.1. The predicted molar refractivity (Wildman–Crippen MR) is 59.7 cm³/mol. The van der Waals surface area contributed by atoms with Crippen molar-refractivity contribution in [1.29, 1.82) is 0 Å². The molecular weight excluding hydrogens is 192 g/mol. The first-order chi connectivity index (χ1) is 7.27. The molecule has 0 radical (unpaired) electrons. The van der Waals surface area contributed by atoms with Crippen molar-refractivity contribution in [2.45, 2.75) is 13.5 Å². The maximum absolute atomic E-state index is 5.51. The van der Waals surface area contributed by atoms with Crippen molar-refractivity contribution < 1.29 is 4.74 Å². The van der Waals surface area contributed by atoms with Crippen LogP contribution in [-0.2, 0) is 11.3 Å².